The fourth-order valence-electron chi connectivity index (χ4n) is 1.99. The van der Waals surface area contributed by atoms with E-state index in [0.717, 1.165) is 17.0 Å². The van der Waals surface area contributed by atoms with Crippen molar-refractivity contribution in [2.24, 2.45) is 0 Å². The van der Waals surface area contributed by atoms with Crippen molar-refractivity contribution in [2.45, 2.75) is 40.3 Å². The summed E-state index contributed by atoms with van der Waals surface area (Å²) in [6.45, 7) is 8.70. The SMILES string of the molecule is Cc1ccc(C(O)Cn2cnc(C)c2C)cc1C. The molecule has 0 bridgehead atoms. The van der Waals surface area contributed by atoms with Crippen molar-refractivity contribution in [3.8, 4) is 0 Å². The molecular formula is C15H20N2O. The monoisotopic (exact) mass is 244 g/mol. The van der Waals surface area contributed by atoms with Gasteiger partial charge in [-0.05, 0) is 44.4 Å². The van der Waals surface area contributed by atoms with Crippen LogP contribution in [0.15, 0.2) is 24.5 Å². The third kappa shape index (κ3) is 2.46. The third-order valence-electron chi connectivity index (χ3n) is 3.63. The molecule has 3 heteroatoms. The maximum absolute atomic E-state index is 10.3. The molecule has 3 nitrogen and oxygen atoms in total. The quantitative estimate of drug-likeness (QED) is 0.901. The number of hydrogen-bond acceptors (Lipinski definition) is 2. The normalized spacial score (nSPS) is 12.7. The number of aliphatic hydroxyl groups excluding tert-OH is 1. The van der Waals surface area contributed by atoms with Crippen LogP contribution in [0, 0.1) is 27.7 Å². The van der Waals surface area contributed by atoms with E-state index in [-0.39, 0.29) is 0 Å². The number of nitrogens with zero attached hydrogens (tertiary/aromatic N) is 2. The van der Waals surface area contributed by atoms with Crippen molar-refractivity contribution >= 4 is 0 Å². The number of aromatic nitrogens is 2. The Bertz CT molecular complexity index is 558. The highest BCUT2D eigenvalue weighted by atomic mass is 16.3. The minimum absolute atomic E-state index is 0.489. The number of rotatable bonds is 3. The largest absolute Gasteiger partial charge is 0.387 e. The highest BCUT2D eigenvalue weighted by Crippen LogP contribution is 2.19. The number of imidazole rings is 1. The lowest BCUT2D eigenvalue weighted by molar-refractivity contribution is 0.155. The van der Waals surface area contributed by atoms with Crippen molar-refractivity contribution in [3.63, 3.8) is 0 Å². The van der Waals surface area contributed by atoms with Gasteiger partial charge in [0.2, 0.25) is 0 Å². The van der Waals surface area contributed by atoms with Gasteiger partial charge >= 0.3 is 0 Å². The molecule has 0 radical (unpaired) electrons. The van der Waals surface area contributed by atoms with Crippen LogP contribution in [-0.4, -0.2) is 14.7 Å². The first kappa shape index (κ1) is 12.8. The van der Waals surface area contributed by atoms with E-state index < -0.39 is 6.10 Å². The minimum Gasteiger partial charge on any atom is -0.387 e. The van der Waals surface area contributed by atoms with E-state index in [4.69, 9.17) is 0 Å². The third-order valence-corrected chi connectivity index (χ3v) is 3.63. The zero-order valence-electron chi connectivity index (χ0n) is 11.4. The molecule has 1 aromatic carbocycles. The zero-order chi connectivity index (χ0) is 13.3. The first-order valence-electron chi connectivity index (χ1n) is 6.22. The van der Waals surface area contributed by atoms with Crippen LogP contribution in [-0.2, 0) is 6.54 Å². The molecule has 96 valence electrons. The molecule has 18 heavy (non-hydrogen) atoms. The Morgan fingerprint density at radius 3 is 2.44 bits per heavy atom. The molecule has 0 aliphatic heterocycles. The maximum atomic E-state index is 10.3. The second-order valence-corrected chi connectivity index (χ2v) is 4.93. The molecule has 0 amide bonds. The van der Waals surface area contributed by atoms with E-state index in [2.05, 4.69) is 31.0 Å². The van der Waals surface area contributed by atoms with Crippen LogP contribution in [0.4, 0.5) is 0 Å². The van der Waals surface area contributed by atoms with E-state index in [1.165, 1.54) is 11.1 Å². The Kier molecular flexibility index (Phi) is 3.53. The van der Waals surface area contributed by atoms with Gasteiger partial charge in [-0.15, -0.1) is 0 Å². The topological polar surface area (TPSA) is 38.0 Å². The average Bonchev–Trinajstić information content (AvgIpc) is 2.64. The molecule has 0 fully saturated rings. The molecule has 0 aliphatic carbocycles. The predicted molar refractivity (Wildman–Crippen MR) is 72.6 cm³/mol. The Hall–Kier alpha value is -1.61. The molecule has 2 rings (SSSR count). The molecule has 0 saturated heterocycles. The smallest absolute Gasteiger partial charge is 0.0969 e. The summed E-state index contributed by atoms with van der Waals surface area (Å²) >= 11 is 0. The van der Waals surface area contributed by atoms with Crippen molar-refractivity contribution in [1.29, 1.82) is 0 Å². The summed E-state index contributed by atoms with van der Waals surface area (Å²) in [4.78, 5) is 4.25. The second-order valence-electron chi connectivity index (χ2n) is 4.93. The van der Waals surface area contributed by atoms with Crippen molar-refractivity contribution in [1.82, 2.24) is 9.55 Å². The molecule has 1 unspecified atom stereocenters. The van der Waals surface area contributed by atoms with Gasteiger partial charge in [-0.2, -0.15) is 0 Å². The zero-order valence-corrected chi connectivity index (χ0v) is 11.4. The molecule has 0 aliphatic rings. The average molecular weight is 244 g/mol. The Morgan fingerprint density at radius 1 is 1.17 bits per heavy atom. The van der Waals surface area contributed by atoms with E-state index in [1.807, 2.05) is 24.5 Å². The summed E-state index contributed by atoms with van der Waals surface area (Å²) < 4.78 is 2.00. The minimum atomic E-state index is -0.489. The first-order chi connectivity index (χ1) is 8.49. The van der Waals surface area contributed by atoms with E-state index in [9.17, 15) is 5.11 Å². The molecule has 1 heterocycles. The summed E-state index contributed by atoms with van der Waals surface area (Å²) in [5.41, 5.74) is 5.55. The molecule has 0 saturated carbocycles. The molecule has 2 aromatic rings. The van der Waals surface area contributed by atoms with Crippen LogP contribution in [0.5, 0.6) is 0 Å². The van der Waals surface area contributed by atoms with Crippen LogP contribution < -0.4 is 0 Å². The van der Waals surface area contributed by atoms with Crippen LogP contribution in [0.1, 0.15) is 34.2 Å². The van der Waals surface area contributed by atoms with Crippen LogP contribution >= 0.6 is 0 Å². The lowest BCUT2D eigenvalue weighted by Crippen LogP contribution is -2.09. The van der Waals surface area contributed by atoms with E-state index in [0.29, 0.717) is 6.54 Å². The Labute approximate surface area is 108 Å². The fourth-order valence-corrected chi connectivity index (χ4v) is 1.99. The Morgan fingerprint density at radius 2 is 1.89 bits per heavy atom. The van der Waals surface area contributed by atoms with E-state index in [1.54, 1.807) is 6.33 Å². The maximum Gasteiger partial charge on any atom is 0.0969 e. The molecule has 1 N–H and O–H groups in total. The number of hydrogen-bond donors (Lipinski definition) is 1. The number of aliphatic hydroxyl groups is 1. The number of aryl methyl sites for hydroxylation is 3. The molecule has 0 spiro atoms. The first-order valence-corrected chi connectivity index (χ1v) is 6.22. The van der Waals surface area contributed by atoms with Gasteiger partial charge in [-0.1, -0.05) is 18.2 Å². The van der Waals surface area contributed by atoms with Gasteiger partial charge in [0.25, 0.3) is 0 Å². The Balaban J connectivity index is 2.19. The second kappa shape index (κ2) is 4.94. The van der Waals surface area contributed by atoms with Gasteiger partial charge in [-0.25, -0.2) is 4.98 Å². The van der Waals surface area contributed by atoms with Crippen molar-refractivity contribution < 1.29 is 5.11 Å². The lowest BCUT2D eigenvalue weighted by Gasteiger charge is -2.14. The standard InChI is InChI=1S/C15H20N2O/c1-10-5-6-14(7-11(10)2)15(18)8-17-9-16-12(3)13(17)4/h5-7,9,15,18H,8H2,1-4H3. The summed E-state index contributed by atoms with van der Waals surface area (Å²) in [5, 5.41) is 10.3. The lowest BCUT2D eigenvalue weighted by atomic mass is 10.0. The highest BCUT2D eigenvalue weighted by Gasteiger charge is 2.11. The van der Waals surface area contributed by atoms with Crippen LogP contribution in [0.3, 0.4) is 0 Å². The van der Waals surface area contributed by atoms with Gasteiger partial charge in [0.1, 0.15) is 0 Å². The highest BCUT2D eigenvalue weighted by molar-refractivity contribution is 5.31. The molecule has 1 atom stereocenters. The van der Waals surface area contributed by atoms with Crippen LogP contribution in [0.2, 0.25) is 0 Å². The van der Waals surface area contributed by atoms with Crippen molar-refractivity contribution in [2.75, 3.05) is 0 Å². The van der Waals surface area contributed by atoms with Crippen LogP contribution in [0.25, 0.3) is 0 Å². The van der Waals surface area contributed by atoms with Gasteiger partial charge < -0.3 is 9.67 Å². The fraction of sp³-hybridized carbons (Fsp3) is 0.400. The van der Waals surface area contributed by atoms with E-state index >= 15 is 0 Å². The van der Waals surface area contributed by atoms with Gasteiger partial charge in [0.05, 0.1) is 24.7 Å². The summed E-state index contributed by atoms with van der Waals surface area (Å²) in [5.74, 6) is 0. The van der Waals surface area contributed by atoms with Gasteiger partial charge in [-0.3, -0.25) is 0 Å². The van der Waals surface area contributed by atoms with Gasteiger partial charge in [0, 0.05) is 5.69 Å². The van der Waals surface area contributed by atoms with Crippen molar-refractivity contribution in [3.05, 3.63) is 52.6 Å². The molecular weight excluding hydrogens is 224 g/mol. The molecule has 1 aromatic heterocycles. The summed E-state index contributed by atoms with van der Waals surface area (Å²) in [7, 11) is 0. The predicted octanol–water partition coefficient (Wildman–Crippen LogP) is 2.85. The van der Waals surface area contributed by atoms with Gasteiger partial charge in [0.15, 0.2) is 0 Å². The summed E-state index contributed by atoms with van der Waals surface area (Å²) in [6, 6.07) is 6.10. The number of benzene rings is 1. The summed E-state index contributed by atoms with van der Waals surface area (Å²) in [6.07, 6.45) is 1.30.